The van der Waals surface area contributed by atoms with Gasteiger partial charge >= 0.3 is 12.1 Å². The van der Waals surface area contributed by atoms with Gasteiger partial charge in [-0.3, -0.25) is 4.90 Å². The number of amides is 1. The van der Waals surface area contributed by atoms with Gasteiger partial charge in [0.15, 0.2) is 0 Å². The SMILES string of the molecule is O=C(O)C1CC(OCCCO)CN1C(=O)O. The number of rotatable bonds is 5. The minimum Gasteiger partial charge on any atom is -0.480 e. The smallest absolute Gasteiger partial charge is 0.408 e. The van der Waals surface area contributed by atoms with E-state index in [9.17, 15) is 9.59 Å². The van der Waals surface area contributed by atoms with Gasteiger partial charge in [0.1, 0.15) is 6.04 Å². The maximum Gasteiger partial charge on any atom is 0.408 e. The zero-order valence-corrected chi connectivity index (χ0v) is 8.70. The summed E-state index contributed by atoms with van der Waals surface area (Å²) in [6.07, 6.45) is -1.03. The van der Waals surface area contributed by atoms with Crippen molar-refractivity contribution >= 4 is 12.1 Å². The molecule has 1 amide bonds. The van der Waals surface area contributed by atoms with Crippen LogP contribution < -0.4 is 0 Å². The van der Waals surface area contributed by atoms with Crippen molar-refractivity contribution in [3.05, 3.63) is 0 Å². The Bertz CT molecular complexity index is 247. The molecule has 1 fully saturated rings. The van der Waals surface area contributed by atoms with Crippen molar-refractivity contribution in [2.75, 3.05) is 19.8 Å². The summed E-state index contributed by atoms with van der Waals surface area (Å²) in [4.78, 5) is 22.4. The molecule has 1 aliphatic rings. The second-order valence-electron chi connectivity index (χ2n) is 3.59. The molecule has 0 aromatic carbocycles. The standard InChI is InChI=1S/C9H15NO6/c11-2-1-3-16-6-4-7(8(12)13)10(5-6)9(14)15/h6-7,11H,1-5H2,(H,12,13)(H,14,15). The molecule has 1 aliphatic heterocycles. The molecule has 1 heterocycles. The van der Waals surface area contributed by atoms with E-state index in [-0.39, 0.29) is 19.6 Å². The lowest BCUT2D eigenvalue weighted by Crippen LogP contribution is -2.39. The molecule has 7 nitrogen and oxygen atoms in total. The van der Waals surface area contributed by atoms with Gasteiger partial charge in [0, 0.05) is 19.6 Å². The van der Waals surface area contributed by atoms with E-state index in [1.807, 2.05) is 0 Å². The van der Waals surface area contributed by atoms with E-state index in [2.05, 4.69) is 0 Å². The molecule has 0 radical (unpaired) electrons. The van der Waals surface area contributed by atoms with E-state index in [1.54, 1.807) is 0 Å². The summed E-state index contributed by atoms with van der Waals surface area (Å²) < 4.78 is 5.28. The lowest BCUT2D eigenvalue weighted by Gasteiger charge is -2.16. The molecular weight excluding hydrogens is 218 g/mol. The Kier molecular flexibility index (Phi) is 4.51. The summed E-state index contributed by atoms with van der Waals surface area (Å²) in [7, 11) is 0. The number of carboxylic acids is 1. The predicted molar refractivity (Wildman–Crippen MR) is 52.2 cm³/mol. The molecule has 1 saturated heterocycles. The Balaban J connectivity index is 2.48. The quantitative estimate of drug-likeness (QED) is 0.557. The van der Waals surface area contributed by atoms with Gasteiger partial charge in [-0.15, -0.1) is 0 Å². The maximum absolute atomic E-state index is 10.8. The van der Waals surface area contributed by atoms with Crippen LogP contribution in [0.3, 0.4) is 0 Å². The van der Waals surface area contributed by atoms with Crippen LogP contribution in [0.4, 0.5) is 4.79 Å². The second-order valence-corrected chi connectivity index (χ2v) is 3.59. The number of carboxylic acid groups (broad SMARTS) is 2. The summed E-state index contributed by atoms with van der Waals surface area (Å²) in [6.45, 7) is 0.371. The Morgan fingerprint density at radius 2 is 2.06 bits per heavy atom. The van der Waals surface area contributed by atoms with Crippen LogP contribution in [-0.2, 0) is 9.53 Å². The fraction of sp³-hybridized carbons (Fsp3) is 0.778. The highest BCUT2D eigenvalue weighted by Gasteiger charge is 2.40. The second kappa shape index (κ2) is 5.66. The Morgan fingerprint density at radius 1 is 1.38 bits per heavy atom. The van der Waals surface area contributed by atoms with E-state index < -0.39 is 24.2 Å². The molecule has 0 bridgehead atoms. The minimum absolute atomic E-state index is 0.00226. The first kappa shape index (κ1) is 12.7. The van der Waals surface area contributed by atoms with Crippen LogP contribution in [0.15, 0.2) is 0 Å². The predicted octanol–water partition coefficient (Wildman–Crippen LogP) is -0.409. The topological polar surface area (TPSA) is 107 Å². The molecule has 92 valence electrons. The maximum atomic E-state index is 10.8. The molecule has 1 rings (SSSR count). The monoisotopic (exact) mass is 233 g/mol. The van der Waals surface area contributed by atoms with Crippen molar-refractivity contribution in [2.24, 2.45) is 0 Å². The van der Waals surface area contributed by atoms with Crippen LogP contribution in [0.5, 0.6) is 0 Å². The molecule has 0 aliphatic carbocycles. The molecular formula is C9H15NO6. The number of likely N-dealkylation sites (tertiary alicyclic amines) is 1. The van der Waals surface area contributed by atoms with Crippen LogP contribution >= 0.6 is 0 Å². The zero-order valence-electron chi connectivity index (χ0n) is 8.70. The third-order valence-electron chi connectivity index (χ3n) is 2.45. The number of carbonyl (C=O) groups is 2. The van der Waals surface area contributed by atoms with Gasteiger partial charge in [-0.1, -0.05) is 0 Å². The van der Waals surface area contributed by atoms with Crippen molar-refractivity contribution in [1.82, 2.24) is 4.90 Å². The largest absolute Gasteiger partial charge is 0.480 e. The number of hydrogen-bond acceptors (Lipinski definition) is 4. The van der Waals surface area contributed by atoms with Crippen molar-refractivity contribution in [3.63, 3.8) is 0 Å². The number of aliphatic hydroxyl groups is 1. The first-order valence-corrected chi connectivity index (χ1v) is 5.01. The Hall–Kier alpha value is -1.34. The molecule has 0 spiro atoms. The van der Waals surface area contributed by atoms with Crippen LogP contribution in [0, 0.1) is 0 Å². The van der Waals surface area contributed by atoms with Crippen molar-refractivity contribution in [1.29, 1.82) is 0 Å². The van der Waals surface area contributed by atoms with Crippen LogP contribution in [0.1, 0.15) is 12.8 Å². The highest BCUT2D eigenvalue weighted by atomic mass is 16.5. The molecule has 0 aromatic heterocycles. The van der Waals surface area contributed by atoms with Gasteiger partial charge in [0.25, 0.3) is 0 Å². The summed E-state index contributed by atoms with van der Waals surface area (Å²) >= 11 is 0. The number of ether oxygens (including phenoxy) is 1. The fourth-order valence-corrected chi connectivity index (χ4v) is 1.68. The molecule has 2 unspecified atom stereocenters. The number of hydrogen-bond donors (Lipinski definition) is 3. The third-order valence-corrected chi connectivity index (χ3v) is 2.45. The summed E-state index contributed by atoms with van der Waals surface area (Å²) in [6, 6.07) is -1.03. The van der Waals surface area contributed by atoms with Gasteiger partial charge in [-0.05, 0) is 6.42 Å². The van der Waals surface area contributed by atoms with Crippen molar-refractivity contribution in [3.8, 4) is 0 Å². The van der Waals surface area contributed by atoms with E-state index >= 15 is 0 Å². The minimum atomic E-state index is -1.25. The summed E-state index contributed by atoms with van der Waals surface area (Å²) in [5.41, 5.74) is 0. The first-order chi connectivity index (χ1) is 7.56. The lowest BCUT2D eigenvalue weighted by atomic mass is 10.2. The summed E-state index contributed by atoms with van der Waals surface area (Å²) in [5.74, 6) is -1.16. The van der Waals surface area contributed by atoms with E-state index in [0.29, 0.717) is 13.0 Å². The van der Waals surface area contributed by atoms with Crippen molar-refractivity contribution in [2.45, 2.75) is 25.0 Å². The third kappa shape index (κ3) is 3.07. The van der Waals surface area contributed by atoms with Gasteiger partial charge in [0.05, 0.1) is 12.6 Å². The lowest BCUT2D eigenvalue weighted by molar-refractivity contribution is -0.141. The van der Waals surface area contributed by atoms with E-state index in [1.165, 1.54) is 0 Å². The summed E-state index contributed by atoms with van der Waals surface area (Å²) in [5, 5.41) is 26.2. The van der Waals surface area contributed by atoms with E-state index in [0.717, 1.165) is 4.90 Å². The molecule has 0 aromatic rings. The fourth-order valence-electron chi connectivity index (χ4n) is 1.68. The molecule has 16 heavy (non-hydrogen) atoms. The van der Waals surface area contributed by atoms with Crippen molar-refractivity contribution < 1.29 is 29.6 Å². The van der Waals surface area contributed by atoms with Gasteiger partial charge in [0.2, 0.25) is 0 Å². The number of aliphatic hydroxyl groups excluding tert-OH is 1. The average Bonchev–Trinajstić information content (AvgIpc) is 2.62. The first-order valence-electron chi connectivity index (χ1n) is 5.01. The normalized spacial score (nSPS) is 24.7. The average molecular weight is 233 g/mol. The molecule has 7 heteroatoms. The van der Waals surface area contributed by atoms with E-state index in [4.69, 9.17) is 20.1 Å². The number of nitrogens with zero attached hydrogens (tertiary/aromatic N) is 1. The van der Waals surface area contributed by atoms with Gasteiger partial charge in [-0.25, -0.2) is 9.59 Å². The molecule has 0 saturated carbocycles. The Labute approximate surface area is 92.2 Å². The van der Waals surface area contributed by atoms with Crippen LogP contribution in [-0.4, -0.2) is 64.2 Å². The highest BCUT2D eigenvalue weighted by molar-refractivity contribution is 5.80. The van der Waals surface area contributed by atoms with Crippen LogP contribution in [0.25, 0.3) is 0 Å². The van der Waals surface area contributed by atoms with Gasteiger partial charge < -0.3 is 20.1 Å². The molecule has 2 atom stereocenters. The highest BCUT2D eigenvalue weighted by Crippen LogP contribution is 2.20. The Morgan fingerprint density at radius 3 is 2.50 bits per heavy atom. The zero-order chi connectivity index (χ0) is 12.1. The van der Waals surface area contributed by atoms with Crippen LogP contribution in [0.2, 0.25) is 0 Å². The number of aliphatic carboxylic acids is 1. The molecule has 3 N–H and O–H groups in total. The van der Waals surface area contributed by atoms with Gasteiger partial charge in [-0.2, -0.15) is 0 Å².